The first-order valence-corrected chi connectivity index (χ1v) is 10.6. The van der Waals surface area contributed by atoms with Crippen molar-refractivity contribution in [2.24, 2.45) is 0 Å². The highest BCUT2D eigenvalue weighted by molar-refractivity contribution is 7.92. The Balaban J connectivity index is 1.74. The number of ether oxygens (including phenoxy) is 1. The van der Waals surface area contributed by atoms with E-state index in [1.165, 1.54) is 13.2 Å². The molecule has 0 aliphatic rings. The van der Waals surface area contributed by atoms with Gasteiger partial charge in [0.25, 0.3) is 0 Å². The van der Waals surface area contributed by atoms with Gasteiger partial charge in [-0.1, -0.05) is 18.2 Å². The zero-order valence-corrected chi connectivity index (χ0v) is 17.0. The van der Waals surface area contributed by atoms with Crippen molar-refractivity contribution in [2.45, 2.75) is 13.3 Å². The lowest BCUT2D eigenvalue weighted by atomic mass is 10.2. The summed E-state index contributed by atoms with van der Waals surface area (Å²) in [4.78, 5) is 16.9. The number of sulfonamides is 1. The van der Waals surface area contributed by atoms with Gasteiger partial charge in [0.15, 0.2) is 0 Å². The number of carbonyl (C=O) groups excluding carboxylic acids is 1. The van der Waals surface area contributed by atoms with E-state index in [0.717, 1.165) is 11.8 Å². The van der Waals surface area contributed by atoms with E-state index in [-0.39, 0.29) is 18.0 Å². The molecule has 29 heavy (non-hydrogen) atoms. The Morgan fingerprint density at radius 2 is 1.90 bits per heavy atom. The van der Waals surface area contributed by atoms with Gasteiger partial charge in [0.05, 0.1) is 31.2 Å². The number of aromatic nitrogens is 1. The number of hydrogen-bond donors (Lipinski definition) is 2. The van der Waals surface area contributed by atoms with Crippen LogP contribution in [0, 0.1) is 6.92 Å². The maximum Gasteiger partial charge on any atom is 0.230 e. The highest BCUT2D eigenvalue weighted by Gasteiger charge is 2.16. The lowest BCUT2D eigenvalue weighted by Gasteiger charge is -2.12. The monoisotopic (exact) mass is 415 g/mol. The number of rotatable bonds is 7. The molecule has 2 N–H and O–H groups in total. The number of hydrogen-bond acceptors (Lipinski definition) is 6. The third-order valence-electron chi connectivity index (χ3n) is 4.02. The molecule has 9 heteroatoms. The third-order valence-corrected chi connectivity index (χ3v) is 4.61. The third kappa shape index (κ3) is 5.35. The van der Waals surface area contributed by atoms with Crippen LogP contribution in [0.1, 0.15) is 11.5 Å². The summed E-state index contributed by atoms with van der Waals surface area (Å²) >= 11 is 0. The molecule has 0 fully saturated rings. The highest BCUT2D eigenvalue weighted by Crippen LogP contribution is 2.29. The van der Waals surface area contributed by atoms with Crippen LogP contribution in [0.4, 0.5) is 11.4 Å². The number of nitrogens with zero attached hydrogens (tertiary/aromatic N) is 1. The Bertz CT molecular complexity index is 1120. The summed E-state index contributed by atoms with van der Waals surface area (Å²) in [6.07, 6.45) is 1.05. The van der Waals surface area contributed by atoms with Crippen LogP contribution in [0.3, 0.4) is 0 Å². The van der Waals surface area contributed by atoms with Crippen molar-refractivity contribution < 1.29 is 22.4 Å². The van der Waals surface area contributed by atoms with Gasteiger partial charge in [-0.25, -0.2) is 13.4 Å². The summed E-state index contributed by atoms with van der Waals surface area (Å²) in [5, 5.41) is 2.73. The lowest BCUT2D eigenvalue weighted by Crippen LogP contribution is -2.16. The average Bonchev–Trinajstić information content (AvgIpc) is 3.02. The normalized spacial score (nSPS) is 11.1. The van der Waals surface area contributed by atoms with Gasteiger partial charge in [-0.2, -0.15) is 0 Å². The van der Waals surface area contributed by atoms with Crippen LogP contribution in [-0.4, -0.2) is 32.7 Å². The first-order valence-electron chi connectivity index (χ1n) is 8.72. The molecule has 1 aromatic heterocycles. The molecule has 0 bridgehead atoms. The van der Waals surface area contributed by atoms with E-state index in [1.54, 1.807) is 19.1 Å². The fraction of sp³-hybridized carbons (Fsp3) is 0.200. The molecule has 1 amide bonds. The van der Waals surface area contributed by atoms with Crippen molar-refractivity contribution in [3.05, 3.63) is 60.0 Å². The van der Waals surface area contributed by atoms with Crippen molar-refractivity contribution in [1.29, 1.82) is 0 Å². The van der Waals surface area contributed by atoms with Crippen LogP contribution in [0.25, 0.3) is 11.5 Å². The summed E-state index contributed by atoms with van der Waals surface area (Å²) in [5.74, 6) is 1.05. The number of oxazole rings is 1. The summed E-state index contributed by atoms with van der Waals surface area (Å²) < 4.78 is 36.2. The Morgan fingerprint density at radius 3 is 2.55 bits per heavy atom. The Hall–Kier alpha value is -3.33. The first-order chi connectivity index (χ1) is 13.7. The Kier molecular flexibility index (Phi) is 5.88. The van der Waals surface area contributed by atoms with E-state index in [9.17, 15) is 13.2 Å². The van der Waals surface area contributed by atoms with Crippen molar-refractivity contribution in [1.82, 2.24) is 4.98 Å². The van der Waals surface area contributed by atoms with Crippen LogP contribution in [0.15, 0.2) is 52.9 Å². The molecule has 1 heterocycles. The van der Waals surface area contributed by atoms with Crippen molar-refractivity contribution in [3.63, 3.8) is 0 Å². The molecule has 3 aromatic rings. The maximum absolute atomic E-state index is 12.5. The van der Waals surface area contributed by atoms with Gasteiger partial charge in [-0.05, 0) is 37.3 Å². The molecular weight excluding hydrogens is 394 g/mol. The summed E-state index contributed by atoms with van der Waals surface area (Å²) in [7, 11) is -2.07. The minimum atomic E-state index is -3.50. The average molecular weight is 415 g/mol. The second-order valence-corrected chi connectivity index (χ2v) is 8.15. The molecule has 152 valence electrons. The summed E-state index contributed by atoms with van der Waals surface area (Å²) in [5.41, 5.74) is 2.02. The van der Waals surface area contributed by atoms with Gasteiger partial charge in [0.2, 0.25) is 21.8 Å². The SMILES string of the molecule is COc1ccc(NC(=O)Cc2nc(-c3ccccc3)oc2C)cc1NS(C)(=O)=O. The molecular formula is C20H21N3O5S. The molecule has 0 unspecified atom stereocenters. The fourth-order valence-corrected chi connectivity index (χ4v) is 3.28. The predicted molar refractivity (Wildman–Crippen MR) is 110 cm³/mol. The maximum atomic E-state index is 12.5. The highest BCUT2D eigenvalue weighted by atomic mass is 32.2. The van der Waals surface area contributed by atoms with Crippen LogP contribution < -0.4 is 14.8 Å². The van der Waals surface area contributed by atoms with E-state index < -0.39 is 10.0 Å². The topological polar surface area (TPSA) is 111 Å². The molecule has 8 nitrogen and oxygen atoms in total. The van der Waals surface area contributed by atoms with E-state index in [1.807, 2.05) is 30.3 Å². The second-order valence-electron chi connectivity index (χ2n) is 6.40. The molecule has 0 spiro atoms. The van der Waals surface area contributed by atoms with Crippen LogP contribution in [-0.2, 0) is 21.2 Å². The Labute approximate surface area is 169 Å². The zero-order chi connectivity index (χ0) is 21.0. The molecule has 0 saturated carbocycles. The van der Waals surface area contributed by atoms with Gasteiger partial charge in [-0.15, -0.1) is 0 Å². The molecule has 0 atom stereocenters. The number of anilines is 2. The van der Waals surface area contributed by atoms with Gasteiger partial charge < -0.3 is 14.5 Å². The Morgan fingerprint density at radius 1 is 1.17 bits per heavy atom. The number of nitrogens with one attached hydrogen (secondary N) is 2. The number of methoxy groups -OCH3 is 1. The summed E-state index contributed by atoms with van der Waals surface area (Å²) in [6, 6.07) is 14.1. The zero-order valence-electron chi connectivity index (χ0n) is 16.2. The minimum Gasteiger partial charge on any atom is -0.495 e. The molecule has 2 aromatic carbocycles. The first kappa shape index (κ1) is 20.4. The van der Waals surface area contributed by atoms with Gasteiger partial charge in [-0.3, -0.25) is 9.52 Å². The molecule has 0 saturated heterocycles. The standard InChI is InChI=1S/C20H21N3O5S/c1-13-16(22-20(28-13)14-7-5-4-6-8-14)12-19(24)21-15-9-10-18(27-2)17(11-15)23-29(3,25)26/h4-11,23H,12H2,1-3H3,(H,21,24). The molecule has 0 aliphatic carbocycles. The van der Waals surface area contributed by atoms with Crippen molar-refractivity contribution in [2.75, 3.05) is 23.4 Å². The molecule has 3 rings (SSSR count). The van der Waals surface area contributed by atoms with Crippen molar-refractivity contribution >= 4 is 27.3 Å². The number of aryl methyl sites for hydroxylation is 1. The lowest BCUT2D eigenvalue weighted by molar-refractivity contribution is -0.115. The molecule has 0 aliphatic heterocycles. The predicted octanol–water partition coefficient (Wildman–Crippen LogP) is 3.21. The number of amides is 1. The smallest absolute Gasteiger partial charge is 0.230 e. The van der Waals surface area contributed by atoms with Crippen LogP contribution >= 0.6 is 0 Å². The van der Waals surface area contributed by atoms with E-state index in [4.69, 9.17) is 9.15 Å². The molecule has 0 radical (unpaired) electrons. The van der Waals surface area contributed by atoms with Gasteiger partial charge >= 0.3 is 0 Å². The van der Waals surface area contributed by atoms with Gasteiger partial charge in [0.1, 0.15) is 11.5 Å². The van der Waals surface area contributed by atoms with E-state index >= 15 is 0 Å². The quantitative estimate of drug-likeness (QED) is 0.613. The second kappa shape index (κ2) is 8.36. The van der Waals surface area contributed by atoms with Gasteiger partial charge in [0, 0.05) is 11.3 Å². The largest absolute Gasteiger partial charge is 0.495 e. The van der Waals surface area contributed by atoms with Crippen LogP contribution in [0.5, 0.6) is 5.75 Å². The number of carbonyl (C=O) groups is 1. The van der Waals surface area contributed by atoms with E-state index in [0.29, 0.717) is 28.8 Å². The van der Waals surface area contributed by atoms with Crippen LogP contribution in [0.2, 0.25) is 0 Å². The van der Waals surface area contributed by atoms with E-state index in [2.05, 4.69) is 15.0 Å². The minimum absolute atomic E-state index is 0.0169. The fourth-order valence-electron chi connectivity index (χ4n) is 2.72. The summed E-state index contributed by atoms with van der Waals surface area (Å²) in [6.45, 7) is 1.75. The number of benzene rings is 2. The van der Waals surface area contributed by atoms with Crippen molar-refractivity contribution in [3.8, 4) is 17.2 Å².